The van der Waals surface area contributed by atoms with Gasteiger partial charge in [0.25, 0.3) is 0 Å². The van der Waals surface area contributed by atoms with Crippen LogP contribution in [0, 0.1) is 5.82 Å². The molecule has 1 rings (SSSR count). The number of benzene rings is 1. The smallest absolute Gasteiger partial charge is 0.140 e. The Morgan fingerprint density at radius 3 is 2.79 bits per heavy atom. The molecule has 0 aromatic heterocycles. The van der Waals surface area contributed by atoms with Crippen LogP contribution in [-0.2, 0) is 6.42 Å². The second-order valence-corrected chi connectivity index (χ2v) is 3.83. The average molecular weight is 262 g/mol. The van der Waals surface area contributed by atoms with Crippen LogP contribution in [0.5, 0.6) is 5.75 Å². The minimum absolute atomic E-state index is 0.223. The molecule has 0 bridgehead atoms. The van der Waals surface area contributed by atoms with Crippen molar-refractivity contribution in [2.24, 2.45) is 5.73 Å². The molecule has 1 aromatic carbocycles. The van der Waals surface area contributed by atoms with Crippen molar-refractivity contribution < 1.29 is 9.13 Å². The van der Waals surface area contributed by atoms with Gasteiger partial charge in [-0.05, 0) is 53.0 Å². The molecule has 0 aliphatic heterocycles. The summed E-state index contributed by atoms with van der Waals surface area (Å²) in [6.07, 6.45) is 1.41. The normalized spacial score (nSPS) is 10.3. The molecule has 0 spiro atoms. The van der Waals surface area contributed by atoms with E-state index in [1.807, 2.05) is 0 Å². The van der Waals surface area contributed by atoms with Gasteiger partial charge in [-0.15, -0.1) is 0 Å². The van der Waals surface area contributed by atoms with Crippen molar-refractivity contribution in [3.8, 4) is 5.75 Å². The van der Waals surface area contributed by atoms with Crippen molar-refractivity contribution >= 4 is 15.9 Å². The molecular weight excluding hydrogens is 249 g/mol. The first-order chi connectivity index (χ1) is 6.69. The average Bonchev–Trinajstić information content (AvgIpc) is 2.20. The highest BCUT2D eigenvalue weighted by molar-refractivity contribution is 9.10. The van der Waals surface area contributed by atoms with Gasteiger partial charge in [0.1, 0.15) is 11.6 Å². The van der Waals surface area contributed by atoms with Crippen LogP contribution in [0.1, 0.15) is 12.0 Å². The molecule has 2 nitrogen and oxygen atoms in total. The van der Waals surface area contributed by atoms with Gasteiger partial charge in [0, 0.05) is 0 Å². The summed E-state index contributed by atoms with van der Waals surface area (Å²) in [4.78, 5) is 0. The lowest BCUT2D eigenvalue weighted by Gasteiger charge is -2.07. The summed E-state index contributed by atoms with van der Waals surface area (Å²) in [6, 6.07) is 3.32. The van der Waals surface area contributed by atoms with Gasteiger partial charge in [-0.2, -0.15) is 0 Å². The number of rotatable bonds is 4. The fourth-order valence-electron chi connectivity index (χ4n) is 1.21. The van der Waals surface area contributed by atoms with Gasteiger partial charge in [-0.25, -0.2) is 4.39 Å². The van der Waals surface area contributed by atoms with Crippen molar-refractivity contribution in [1.82, 2.24) is 0 Å². The zero-order chi connectivity index (χ0) is 10.6. The molecule has 0 saturated carbocycles. The Morgan fingerprint density at radius 2 is 2.21 bits per heavy atom. The fourth-order valence-corrected chi connectivity index (χ4v) is 1.69. The first-order valence-electron chi connectivity index (χ1n) is 4.41. The van der Waals surface area contributed by atoms with E-state index < -0.39 is 0 Å². The molecule has 2 N–H and O–H groups in total. The zero-order valence-corrected chi connectivity index (χ0v) is 9.60. The maximum atomic E-state index is 13.5. The Kier molecular flexibility index (Phi) is 4.35. The van der Waals surface area contributed by atoms with Gasteiger partial charge >= 0.3 is 0 Å². The van der Waals surface area contributed by atoms with Gasteiger partial charge < -0.3 is 10.5 Å². The van der Waals surface area contributed by atoms with E-state index in [1.54, 1.807) is 19.2 Å². The van der Waals surface area contributed by atoms with Gasteiger partial charge in [-0.3, -0.25) is 0 Å². The summed E-state index contributed by atoms with van der Waals surface area (Å²) in [5.41, 5.74) is 6.01. The van der Waals surface area contributed by atoms with Crippen LogP contribution in [0.3, 0.4) is 0 Å². The third-order valence-corrected chi connectivity index (χ3v) is 2.54. The van der Waals surface area contributed by atoms with Crippen molar-refractivity contribution in [2.75, 3.05) is 13.7 Å². The van der Waals surface area contributed by atoms with Gasteiger partial charge in [0.15, 0.2) is 0 Å². The Bertz CT molecular complexity index is 317. The molecule has 14 heavy (non-hydrogen) atoms. The Labute approximate surface area is 91.4 Å². The predicted octanol–water partition coefficient (Wildman–Crippen LogP) is 2.49. The Morgan fingerprint density at radius 1 is 1.50 bits per heavy atom. The van der Waals surface area contributed by atoms with Gasteiger partial charge in [0.2, 0.25) is 0 Å². The standard InChI is InChI=1S/C10H13BrFNO/c1-14-8-5-7(3-2-4-13)10(12)9(11)6-8/h5-6H,2-4,13H2,1H3. The summed E-state index contributed by atoms with van der Waals surface area (Å²) in [6.45, 7) is 0.564. The number of hydrogen-bond acceptors (Lipinski definition) is 2. The molecule has 0 fully saturated rings. The molecule has 0 atom stereocenters. The first kappa shape index (κ1) is 11.5. The third kappa shape index (κ3) is 2.69. The molecule has 0 saturated heterocycles. The Hall–Kier alpha value is -0.610. The van der Waals surface area contributed by atoms with Crippen LogP contribution >= 0.6 is 15.9 Å². The molecule has 0 aliphatic carbocycles. The van der Waals surface area contributed by atoms with E-state index >= 15 is 0 Å². The van der Waals surface area contributed by atoms with E-state index in [-0.39, 0.29) is 5.82 Å². The summed E-state index contributed by atoms with van der Waals surface area (Å²) < 4.78 is 19.0. The number of halogens is 2. The molecule has 1 aromatic rings. The van der Waals surface area contributed by atoms with Crippen LogP contribution in [0.25, 0.3) is 0 Å². The SMILES string of the molecule is COc1cc(Br)c(F)c(CCCN)c1. The zero-order valence-electron chi connectivity index (χ0n) is 8.02. The largest absolute Gasteiger partial charge is 0.497 e. The second-order valence-electron chi connectivity index (χ2n) is 2.97. The van der Waals surface area contributed by atoms with Gasteiger partial charge in [-0.1, -0.05) is 0 Å². The lowest BCUT2D eigenvalue weighted by atomic mass is 10.1. The lowest BCUT2D eigenvalue weighted by Crippen LogP contribution is -2.02. The van der Waals surface area contributed by atoms with Crippen molar-refractivity contribution in [3.63, 3.8) is 0 Å². The maximum absolute atomic E-state index is 13.5. The first-order valence-corrected chi connectivity index (χ1v) is 5.20. The number of methoxy groups -OCH3 is 1. The van der Waals surface area contributed by atoms with Gasteiger partial charge in [0.05, 0.1) is 11.6 Å². The topological polar surface area (TPSA) is 35.2 Å². The maximum Gasteiger partial charge on any atom is 0.140 e. The van der Waals surface area contributed by atoms with E-state index in [9.17, 15) is 4.39 Å². The van der Waals surface area contributed by atoms with E-state index in [4.69, 9.17) is 10.5 Å². The highest BCUT2D eigenvalue weighted by atomic mass is 79.9. The van der Waals surface area contributed by atoms with E-state index in [0.29, 0.717) is 28.8 Å². The Balaban J connectivity index is 2.95. The molecule has 78 valence electrons. The minimum atomic E-state index is -0.223. The molecule has 0 radical (unpaired) electrons. The number of hydrogen-bond donors (Lipinski definition) is 1. The van der Waals surface area contributed by atoms with Crippen LogP contribution in [0.15, 0.2) is 16.6 Å². The summed E-state index contributed by atoms with van der Waals surface area (Å²) in [5, 5.41) is 0. The van der Waals surface area contributed by atoms with E-state index in [1.165, 1.54) is 0 Å². The van der Waals surface area contributed by atoms with Crippen molar-refractivity contribution in [3.05, 3.63) is 28.0 Å². The van der Waals surface area contributed by atoms with E-state index in [2.05, 4.69) is 15.9 Å². The number of aryl methyl sites for hydroxylation is 1. The predicted molar refractivity (Wildman–Crippen MR) is 58.0 cm³/mol. The van der Waals surface area contributed by atoms with Crippen LogP contribution in [-0.4, -0.2) is 13.7 Å². The fraction of sp³-hybridized carbons (Fsp3) is 0.400. The lowest BCUT2D eigenvalue weighted by molar-refractivity contribution is 0.412. The third-order valence-electron chi connectivity index (χ3n) is 1.96. The van der Waals surface area contributed by atoms with Crippen LogP contribution in [0.4, 0.5) is 4.39 Å². The molecule has 0 amide bonds. The molecule has 0 unspecified atom stereocenters. The summed E-state index contributed by atoms with van der Waals surface area (Å²) >= 11 is 3.14. The summed E-state index contributed by atoms with van der Waals surface area (Å²) in [7, 11) is 1.56. The molecule has 0 heterocycles. The van der Waals surface area contributed by atoms with Crippen LogP contribution < -0.4 is 10.5 Å². The second kappa shape index (κ2) is 5.32. The summed E-state index contributed by atoms with van der Waals surface area (Å²) in [5.74, 6) is 0.435. The quantitative estimate of drug-likeness (QED) is 0.904. The molecule has 4 heteroatoms. The number of ether oxygens (including phenoxy) is 1. The van der Waals surface area contributed by atoms with Crippen LogP contribution in [0.2, 0.25) is 0 Å². The molecule has 0 aliphatic rings. The monoisotopic (exact) mass is 261 g/mol. The minimum Gasteiger partial charge on any atom is -0.497 e. The highest BCUT2D eigenvalue weighted by Crippen LogP contribution is 2.26. The van der Waals surface area contributed by atoms with E-state index in [0.717, 1.165) is 6.42 Å². The highest BCUT2D eigenvalue weighted by Gasteiger charge is 2.08. The number of nitrogens with two attached hydrogens (primary N) is 1. The van der Waals surface area contributed by atoms with Crippen molar-refractivity contribution in [1.29, 1.82) is 0 Å². The van der Waals surface area contributed by atoms with Crippen molar-refractivity contribution in [2.45, 2.75) is 12.8 Å². The molecular formula is C10H13BrFNO.